The van der Waals surface area contributed by atoms with E-state index in [-0.39, 0.29) is 5.69 Å². The number of aromatic hydroxyl groups is 2. The van der Waals surface area contributed by atoms with Crippen molar-refractivity contribution < 1.29 is 28.5 Å². The Kier molecular flexibility index (Phi) is 4.99. The van der Waals surface area contributed by atoms with Crippen LogP contribution in [0.5, 0.6) is 11.5 Å². The molecule has 0 spiro atoms. The molecule has 0 aliphatic heterocycles. The zero-order valence-corrected chi connectivity index (χ0v) is 16.7. The molecule has 0 bridgehead atoms. The van der Waals surface area contributed by atoms with Gasteiger partial charge in [-0.25, -0.2) is 13.2 Å². The van der Waals surface area contributed by atoms with Crippen LogP contribution in [0.25, 0.3) is 0 Å². The first-order chi connectivity index (χ1) is 13.1. The predicted molar refractivity (Wildman–Crippen MR) is 103 cm³/mol. The highest BCUT2D eigenvalue weighted by Gasteiger charge is 2.40. The van der Waals surface area contributed by atoms with E-state index in [0.717, 1.165) is 6.42 Å². The number of sulfonamides is 1. The van der Waals surface area contributed by atoms with Gasteiger partial charge in [-0.1, -0.05) is 15.9 Å². The van der Waals surface area contributed by atoms with Gasteiger partial charge < -0.3 is 15.3 Å². The van der Waals surface area contributed by atoms with Crippen LogP contribution in [-0.4, -0.2) is 29.7 Å². The van der Waals surface area contributed by atoms with E-state index in [4.69, 9.17) is 0 Å². The number of carboxylic acid groups (broad SMARTS) is 1. The summed E-state index contributed by atoms with van der Waals surface area (Å²) in [5.41, 5.74) is -1.51. The van der Waals surface area contributed by atoms with Gasteiger partial charge in [0.1, 0.15) is 16.2 Å². The van der Waals surface area contributed by atoms with Gasteiger partial charge in [-0.15, -0.1) is 0 Å². The summed E-state index contributed by atoms with van der Waals surface area (Å²) in [5, 5.41) is 39.1. The number of rotatable bonds is 5. The molecule has 1 fully saturated rings. The van der Waals surface area contributed by atoms with Gasteiger partial charge >= 0.3 is 5.97 Å². The third-order valence-electron chi connectivity index (χ3n) is 4.77. The Morgan fingerprint density at radius 3 is 2.43 bits per heavy atom. The molecular weight excluding hydrogens is 452 g/mol. The molecule has 10 heteroatoms. The Morgan fingerprint density at radius 1 is 1.21 bits per heavy atom. The van der Waals surface area contributed by atoms with E-state index >= 15 is 0 Å². The van der Waals surface area contributed by atoms with Gasteiger partial charge in [0.05, 0.1) is 17.2 Å². The molecule has 0 aromatic heterocycles. The first-order valence-electron chi connectivity index (χ1n) is 8.13. The Hall–Kier alpha value is -2.77. The lowest BCUT2D eigenvalue weighted by Gasteiger charge is -2.36. The highest BCUT2D eigenvalue weighted by Crippen LogP contribution is 2.46. The second-order valence-corrected chi connectivity index (χ2v) is 9.06. The molecule has 146 valence electrons. The van der Waals surface area contributed by atoms with Crippen molar-refractivity contribution in [1.82, 2.24) is 0 Å². The van der Waals surface area contributed by atoms with Crippen LogP contribution in [0.15, 0.2) is 39.7 Å². The molecule has 3 rings (SSSR count). The molecule has 1 aliphatic carbocycles. The van der Waals surface area contributed by atoms with E-state index in [9.17, 15) is 33.8 Å². The first kappa shape index (κ1) is 20.0. The van der Waals surface area contributed by atoms with Crippen molar-refractivity contribution >= 4 is 37.6 Å². The first-order valence-corrected chi connectivity index (χ1v) is 10.4. The summed E-state index contributed by atoms with van der Waals surface area (Å²) in [5.74, 6) is -2.75. The largest absolute Gasteiger partial charge is 0.507 e. The number of nitriles is 1. The van der Waals surface area contributed by atoms with Crippen LogP contribution >= 0.6 is 15.9 Å². The summed E-state index contributed by atoms with van der Waals surface area (Å²) in [7, 11) is -4.35. The summed E-state index contributed by atoms with van der Waals surface area (Å²) in [6, 6.07) is 8.40. The number of carbonyl (C=O) groups is 1. The summed E-state index contributed by atoms with van der Waals surface area (Å²) >= 11 is 3.12. The summed E-state index contributed by atoms with van der Waals surface area (Å²) in [6.07, 6.45) is 1.79. The summed E-state index contributed by atoms with van der Waals surface area (Å²) in [4.78, 5) is 11.1. The molecule has 0 unspecified atom stereocenters. The zero-order valence-electron chi connectivity index (χ0n) is 14.3. The third kappa shape index (κ3) is 3.39. The van der Waals surface area contributed by atoms with Crippen molar-refractivity contribution in [3.63, 3.8) is 0 Å². The minimum Gasteiger partial charge on any atom is -0.507 e. The highest BCUT2D eigenvalue weighted by molar-refractivity contribution is 9.10. The van der Waals surface area contributed by atoms with Crippen LogP contribution < -0.4 is 4.72 Å². The van der Waals surface area contributed by atoms with Crippen LogP contribution in [0, 0.1) is 11.3 Å². The lowest BCUT2D eigenvalue weighted by molar-refractivity contribution is 0.0693. The van der Waals surface area contributed by atoms with E-state index in [0.29, 0.717) is 22.9 Å². The standard InChI is InChI=1S/C18H15BrN2O6S/c19-11-2-3-14(22)15(8-11)28(26,27)21-13-7-10(18(9-20)4-1-5-18)6-12(16(13)23)17(24)25/h2-3,6-8,21-23H,1,4-5H2,(H,24,25). The van der Waals surface area contributed by atoms with Crippen LogP contribution in [0.1, 0.15) is 35.2 Å². The highest BCUT2D eigenvalue weighted by atomic mass is 79.9. The van der Waals surface area contributed by atoms with Gasteiger partial charge in [0, 0.05) is 4.47 Å². The quantitative estimate of drug-likeness (QED) is 0.493. The van der Waals surface area contributed by atoms with Gasteiger partial charge in [-0.2, -0.15) is 5.26 Å². The van der Waals surface area contributed by atoms with E-state index in [1.165, 1.54) is 30.3 Å². The monoisotopic (exact) mass is 466 g/mol. The number of phenolic OH excluding ortho intramolecular Hbond substituents is 1. The summed E-state index contributed by atoms with van der Waals surface area (Å²) < 4.78 is 27.9. The lowest BCUT2D eigenvalue weighted by Crippen LogP contribution is -2.32. The SMILES string of the molecule is N#CC1(c2cc(NS(=O)(=O)c3cc(Br)ccc3O)c(O)c(C(=O)O)c2)CCC1. The second kappa shape index (κ2) is 7.00. The minimum atomic E-state index is -4.35. The van der Waals surface area contributed by atoms with Crippen molar-refractivity contribution in [2.24, 2.45) is 0 Å². The Labute approximate surface area is 169 Å². The number of nitrogens with one attached hydrogen (secondary N) is 1. The molecule has 0 atom stereocenters. The van der Waals surface area contributed by atoms with Gasteiger partial charge in [-0.05, 0) is 55.2 Å². The number of aromatic carboxylic acids is 1. The van der Waals surface area contributed by atoms with Crippen molar-refractivity contribution in [3.8, 4) is 17.6 Å². The molecule has 0 amide bonds. The van der Waals surface area contributed by atoms with E-state index in [1.54, 1.807) is 0 Å². The maximum absolute atomic E-state index is 12.7. The average Bonchev–Trinajstić information content (AvgIpc) is 2.58. The number of hydrogen-bond acceptors (Lipinski definition) is 6. The molecule has 0 radical (unpaired) electrons. The van der Waals surface area contributed by atoms with Crippen molar-refractivity contribution in [3.05, 3.63) is 45.9 Å². The molecule has 28 heavy (non-hydrogen) atoms. The second-order valence-electron chi connectivity index (χ2n) is 6.49. The van der Waals surface area contributed by atoms with E-state index in [2.05, 4.69) is 26.7 Å². The van der Waals surface area contributed by atoms with Gasteiger partial charge in [-0.3, -0.25) is 4.72 Å². The molecule has 2 aromatic rings. The lowest BCUT2D eigenvalue weighted by atomic mass is 9.65. The van der Waals surface area contributed by atoms with E-state index < -0.39 is 43.4 Å². The fraction of sp³-hybridized carbons (Fsp3) is 0.222. The number of halogens is 1. The van der Waals surface area contributed by atoms with Crippen LogP contribution in [0.3, 0.4) is 0 Å². The number of nitrogens with zero attached hydrogens (tertiary/aromatic N) is 1. The molecular formula is C18H15BrN2O6S. The average molecular weight is 467 g/mol. The van der Waals surface area contributed by atoms with Crippen molar-refractivity contribution in [1.29, 1.82) is 5.26 Å². The molecule has 1 aliphatic rings. The van der Waals surface area contributed by atoms with Crippen molar-refractivity contribution in [2.45, 2.75) is 29.6 Å². The normalized spacial score (nSPS) is 15.3. The number of anilines is 1. The fourth-order valence-electron chi connectivity index (χ4n) is 3.05. The minimum absolute atomic E-state index is 0.313. The molecule has 2 aromatic carbocycles. The number of carboxylic acids is 1. The van der Waals surface area contributed by atoms with Gasteiger partial charge in [0.15, 0.2) is 5.75 Å². The molecule has 0 saturated heterocycles. The van der Waals surface area contributed by atoms with Gasteiger partial charge in [0.2, 0.25) is 0 Å². The fourth-order valence-corrected chi connectivity index (χ4v) is 4.74. The number of phenols is 2. The Morgan fingerprint density at radius 2 is 1.89 bits per heavy atom. The molecule has 0 heterocycles. The summed E-state index contributed by atoms with van der Waals surface area (Å²) in [6.45, 7) is 0. The maximum atomic E-state index is 12.7. The molecule has 1 saturated carbocycles. The van der Waals surface area contributed by atoms with Crippen LogP contribution in [0.2, 0.25) is 0 Å². The third-order valence-corrected chi connectivity index (χ3v) is 6.66. The number of benzene rings is 2. The smallest absolute Gasteiger partial charge is 0.339 e. The molecule has 8 nitrogen and oxygen atoms in total. The molecule has 4 N–H and O–H groups in total. The van der Waals surface area contributed by atoms with Crippen LogP contribution in [-0.2, 0) is 15.4 Å². The van der Waals surface area contributed by atoms with Gasteiger partial charge in [0.25, 0.3) is 10.0 Å². The Bertz CT molecular complexity index is 1120. The maximum Gasteiger partial charge on any atom is 0.339 e. The predicted octanol–water partition coefficient (Wildman–Crippen LogP) is 3.30. The van der Waals surface area contributed by atoms with Crippen LogP contribution in [0.4, 0.5) is 5.69 Å². The van der Waals surface area contributed by atoms with E-state index in [1.807, 2.05) is 0 Å². The van der Waals surface area contributed by atoms with Crippen molar-refractivity contribution in [2.75, 3.05) is 4.72 Å². The topological polar surface area (TPSA) is 148 Å². The Balaban J connectivity index is 2.13. The number of hydrogen-bond donors (Lipinski definition) is 4. The zero-order chi connectivity index (χ0) is 20.7.